The van der Waals surface area contributed by atoms with Gasteiger partial charge in [0.2, 0.25) is 0 Å². The topological polar surface area (TPSA) is 86.9 Å². The number of nitrogens with zero attached hydrogens (tertiary/aromatic N) is 2. The van der Waals surface area contributed by atoms with Crippen molar-refractivity contribution in [2.45, 2.75) is 6.54 Å². The minimum Gasteiger partial charge on any atom is -0.382 e. The van der Waals surface area contributed by atoms with Crippen LogP contribution >= 0.6 is 0 Å². The minimum atomic E-state index is -0.569. The number of carbonyl (C=O) groups excluding carboxylic acids is 1. The first-order valence-electron chi connectivity index (χ1n) is 6.23. The molecule has 1 amide bonds. The number of anilines is 1. The lowest BCUT2D eigenvalue weighted by Crippen LogP contribution is -2.18. The molecule has 1 aromatic heterocycles. The van der Waals surface area contributed by atoms with E-state index in [0.29, 0.717) is 6.54 Å². The number of imidazole rings is 1. The van der Waals surface area contributed by atoms with Crippen LogP contribution in [-0.2, 0) is 6.54 Å². The van der Waals surface area contributed by atoms with Crippen LogP contribution in [0, 0.1) is 0 Å². The molecular formula is C15H14N4O. The zero-order valence-corrected chi connectivity index (χ0v) is 10.8. The second-order valence-corrected chi connectivity index (χ2v) is 4.65. The number of nitrogens with two attached hydrogens (primary N) is 2. The lowest BCUT2D eigenvalue weighted by Gasteiger charge is -2.07. The fourth-order valence-electron chi connectivity index (χ4n) is 2.32. The van der Waals surface area contributed by atoms with Crippen LogP contribution in [0.1, 0.15) is 16.1 Å². The normalized spacial score (nSPS) is 10.8. The van der Waals surface area contributed by atoms with Gasteiger partial charge in [-0.05, 0) is 22.4 Å². The second kappa shape index (κ2) is 4.70. The summed E-state index contributed by atoms with van der Waals surface area (Å²) >= 11 is 0. The Kier molecular flexibility index (Phi) is 2.87. The number of amides is 1. The summed E-state index contributed by atoms with van der Waals surface area (Å²) < 4.78 is 1.67. The number of hydrogen-bond acceptors (Lipinski definition) is 3. The Morgan fingerprint density at radius 1 is 1.15 bits per heavy atom. The third-order valence-corrected chi connectivity index (χ3v) is 3.27. The predicted molar refractivity (Wildman–Crippen MR) is 78.2 cm³/mol. The molecule has 5 nitrogen and oxygen atoms in total. The van der Waals surface area contributed by atoms with Crippen molar-refractivity contribution in [3.63, 3.8) is 0 Å². The lowest BCUT2D eigenvalue weighted by atomic mass is 10.1. The van der Waals surface area contributed by atoms with Crippen LogP contribution < -0.4 is 11.5 Å². The summed E-state index contributed by atoms with van der Waals surface area (Å²) in [5.41, 5.74) is 12.3. The molecule has 0 saturated heterocycles. The predicted octanol–water partition coefficient (Wildman–Crippen LogP) is 1.77. The van der Waals surface area contributed by atoms with E-state index >= 15 is 0 Å². The fourth-order valence-corrected chi connectivity index (χ4v) is 2.32. The van der Waals surface area contributed by atoms with Crippen molar-refractivity contribution in [3.05, 3.63) is 60.0 Å². The summed E-state index contributed by atoms with van der Waals surface area (Å²) in [7, 11) is 0. The van der Waals surface area contributed by atoms with Crippen molar-refractivity contribution >= 4 is 22.5 Å². The second-order valence-electron chi connectivity index (χ2n) is 4.65. The monoisotopic (exact) mass is 266 g/mol. The van der Waals surface area contributed by atoms with Gasteiger partial charge in [0.05, 0.1) is 6.33 Å². The third-order valence-electron chi connectivity index (χ3n) is 3.27. The zero-order chi connectivity index (χ0) is 14.1. The van der Waals surface area contributed by atoms with Crippen LogP contribution in [0.3, 0.4) is 0 Å². The summed E-state index contributed by atoms with van der Waals surface area (Å²) in [4.78, 5) is 15.3. The molecule has 0 aliphatic carbocycles. The summed E-state index contributed by atoms with van der Waals surface area (Å²) in [5, 5.41) is 2.33. The molecule has 0 spiro atoms. The first-order chi connectivity index (χ1) is 9.65. The van der Waals surface area contributed by atoms with Crippen molar-refractivity contribution < 1.29 is 4.79 Å². The number of nitrogen functional groups attached to an aromatic ring is 1. The third kappa shape index (κ3) is 2.09. The van der Waals surface area contributed by atoms with E-state index in [0.717, 1.165) is 10.9 Å². The Morgan fingerprint density at radius 3 is 2.65 bits per heavy atom. The van der Waals surface area contributed by atoms with Crippen molar-refractivity contribution in [1.82, 2.24) is 9.55 Å². The highest BCUT2D eigenvalue weighted by Crippen LogP contribution is 2.18. The average Bonchev–Trinajstić information content (AvgIpc) is 2.79. The van der Waals surface area contributed by atoms with E-state index < -0.39 is 5.91 Å². The van der Waals surface area contributed by atoms with Crippen LogP contribution in [0.15, 0.2) is 48.8 Å². The zero-order valence-electron chi connectivity index (χ0n) is 10.8. The van der Waals surface area contributed by atoms with Crippen LogP contribution in [0.25, 0.3) is 10.8 Å². The number of fused-ring (bicyclic) bond motifs is 1. The molecule has 0 saturated carbocycles. The Balaban J connectivity index is 1.99. The number of aromatic nitrogens is 2. The van der Waals surface area contributed by atoms with Crippen molar-refractivity contribution in [2.75, 3.05) is 5.73 Å². The van der Waals surface area contributed by atoms with Gasteiger partial charge in [0.15, 0.2) is 11.5 Å². The first-order valence-corrected chi connectivity index (χ1v) is 6.23. The van der Waals surface area contributed by atoms with Gasteiger partial charge in [0.25, 0.3) is 5.91 Å². The summed E-state index contributed by atoms with van der Waals surface area (Å²) in [6.07, 6.45) is 1.53. The largest absolute Gasteiger partial charge is 0.382 e. The van der Waals surface area contributed by atoms with Crippen LogP contribution in [0.2, 0.25) is 0 Å². The Labute approximate surface area is 115 Å². The van der Waals surface area contributed by atoms with Gasteiger partial charge in [-0.2, -0.15) is 0 Å². The van der Waals surface area contributed by atoms with E-state index in [1.165, 1.54) is 11.7 Å². The summed E-state index contributed by atoms with van der Waals surface area (Å²) in [5.74, 6) is -0.404. The van der Waals surface area contributed by atoms with Gasteiger partial charge in [0.1, 0.15) is 0 Å². The van der Waals surface area contributed by atoms with Crippen molar-refractivity contribution in [3.8, 4) is 0 Å². The van der Waals surface area contributed by atoms with E-state index in [4.69, 9.17) is 11.5 Å². The Morgan fingerprint density at radius 2 is 1.90 bits per heavy atom. The van der Waals surface area contributed by atoms with E-state index in [-0.39, 0.29) is 11.5 Å². The van der Waals surface area contributed by atoms with Gasteiger partial charge in [-0.1, -0.05) is 36.4 Å². The highest BCUT2D eigenvalue weighted by molar-refractivity contribution is 5.95. The van der Waals surface area contributed by atoms with Crippen LogP contribution in [0.5, 0.6) is 0 Å². The highest BCUT2D eigenvalue weighted by Gasteiger charge is 2.13. The maximum Gasteiger partial charge on any atom is 0.269 e. The molecule has 20 heavy (non-hydrogen) atoms. The van der Waals surface area contributed by atoms with E-state index in [1.807, 2.05) is 18.2 Å². The van der Waals surface area contributed by atoms with Gasteiger partial charge in [-0.25, -0.2) is 4.98 Å². The van der Waals surface area contributed by atoms with E-state index in [9.17, 15) is 4.79 Å². The smallest absolute Gasteiger partial charge is 0.269 e. The number of carbonyl (C=O) groups is 1. The highest BCUT2D eigenvalue weighted by atomic mass is 16.1. The molecule has 3 aromatic rings. The number of benzene rings is 2. The Bertz CT molecular complexity index is 791. The molecule has 100 valence electrons. The molecule has 0 aliphatic rings. The standard InChI is InChI=1S/C15H14N4O/c16-14-13(15(17)20)19(9-18-14)8-10-5-6-11-3-1-2-4-12(11)7-10/h1-7,9H,8,16H2,(H2,17,20). The number of hydrogen-bond donors (Lipinski definition) is 2. The maximum absolute atomic E-state index is 11.4. The van der Waals surface area contributed by atoms with E-state index in [1.54, 1.807) is 4.57 Å². The van der Waals surface area contributed by atoms with Gasteiger partial charge in [0, 0.05) is 6.54 Å². The molecule has 5 heteroatoms. The number of primary amides is 1. The molecule has 0 atom stereocenters. The molecule has 0 radical (unpaired) electrons. The molecule has 2 aromatic carbocycles. The molecule has 0 bridgehead atoms. The summed E-state index contributed by atoms with van der Waals surface area (Å²) in [6, 6.07) is 14.3. The molecule has 1 heterocycles. The summed E-state index contributed by atoms with van der Waals surface area (Å²) in [6.45, 7) is 0.507. The van der Waals surface area contributed by atoms with Crippen molar-refractivity contribution in [2.24, 2.45) is 5.73 Å². The average molecular weight is 266 g/mol. The van der Waals surface area contributed by atoms with Gasteiger partial charge >= 0.3 is 0 Å². The molecule has 0 aliphatic heterocycles. The molecule has 0 unspecified atom stereocenters. The Hall–Kier alpha value is -2.82. The lowest BCUT2D eigenvalue weighted by molar-refractivity contribution is 0.0993. The van der Waals surface area contributed by atoms with Gasteiger partial charge < -0.3 is 16.0 Å². The van der Waals surface area contributed by atoms with Crippen molar-refractivity contribution in [1.29, 1.82) is 0 Å². The van der Waals surface area contributed by atoms with Crippen LogP contribution in [0.4, 0.5) is 5.82 Å². The first kappa shape index (κ1) is 12.2. The van der Waals surface area contributed by atoms with Gasteiger partial charge in [-0.3, -0.25) is 4.79 Å². The number of rotatable bonds is 3. The molecule has 3 rings (SSSR count). The molecule has 4 N–H and O–H groups in total. The van der Waals surface area contributed by atoms with Gasteiger partial charge in [-0.15, -0.1) is 0 Å². The minimum absolute atomic E-state index is 0.165. The van der Waals surface area contributed by atoms with Crippen LogP contribution in [-0.4, -0.2) is 15.5 Å². The molecular weight excluding hydrogens is 252 g/mol. The quantitative estimate of drug-likeness (QED) is 0.757. The van der Waals surface area contributed by atoms with E-state index in [2.05, 4.69) is 29.2 Å². The SMILES string of the molecule is NC(=O)c1c(N)ncn1Cc1ccc2ccccc2c1. The fraction of sp³-hybridized carbons (Fsp3) is 0.0667. The molecule has 0 fully saturated rings. The maximum atomic E-state index is 11.4.